The van der Waals surface area contributed by atoms with Gasteiger partial charge in [0.05, 0.1) is 4.92 Å². The molecule has 0 aliphatic carbocycles. The summed E-state index contributed by atoms with van der Waals surface area (Å²) in [7, 11) is 0. The van der Waals surface area contributed by atoms with Crippen LogP contribution < -0.4 is 4.74 Å². The summed E-state index contributed by atoms with van der Waals surface area (Å²) in [4.78, 5) is 9.83. The van der Waals surface area contributed by atoms with Gasteiger partial charge in [-0.05, 0) is 13.0 Å². The summed E-state index contributed by atoms with van der Waals surface area (Å²) in [6.45, 7) is 0.961. The Bertz CT molecular complexity index is 511. The summed E-state index contributed by atoms with van der Waals surface area (Å²) in [6, 6.07) is 1.02. The second-order valence-corrected chi connectivity index (χ2v) is 3.40. The van der Waals surface area contributed by atoms with Crippen molar-refractivity contribution in [1.29, 1.82) is 0 Å². The lowest BCUT2D eigenvalue weighted by Crippen LogP contribution is -2.15. The first-order chi connectivity index (χ1) is 7.50. The van der Waals surface area contributed by atoms with Crippen LogP contribution in [0.5, 0.6) is 5.75 Å². The van der Waals surface area contributed by atoms with Gasteiger partial charge in [-0.3, -0.25) is 10.1 Å². The minimum atomic E-state index is -0.811. The number of hydrogen-bond acceptors (Lipinski definition) is 3. The predicted octanol–water partition coefficient (Wildman–Crippen LogP) is 2.28. The zero-order chi connectivity index (χ0) is 11.9. The van der Waals surface area contributed by atoms with Crippen molar-refractivity contribution in [2.24, 2.45) is 0 Å². The minimum absolute atomic E-state index is 0.0542. The van der Waals surface area contributed by atoms with Gasteiger partial charge in [-0.15, -0.1) is 0 Å². The van der Waals surface area contributed by atoms with E-state index in [4.69, 9.17) is 4.74 Å². The van der Waals surface area contributed by atoms with Gasteiger partial charge in [0.2, 0.25) is 0 Å². The molecule has 0 radical (unpaired) electrons. The fourth-order valence-electron chi connectivity index (χ4n) is 1.44. The molecule has 0 bridgehead atoms. The van der Waals surface area contributed by atoms with Gasteiger partial charge in [-0.1, -0.05) is 0 Å². The van der Waals surface area contributed by atoms with Crippen LogP contribution in [0, 0.1) is 28.7 Å². The van der Waals surface area contributed by atoms with Crippen molar-refractivity contribution in [3.8, 4) is 5.75 Å². The highest BCUT2D eigenvalue weighted by molar-refractivity contribution is 5.62. The topological polar surface area (TPSA) is 52.4 Å². The molecule has 0 saturated heterocycles. The minimum Gasteiger partial charge on any atom is -0.479 e. The van der Waals surface area contributed by atoms with E-state index in [0.717, 1.165) is 12.1 Å². The van der Waals surface area contributed by atoms with Crippen molar-refractivity contribution < 1.29 is 18.4 Å². The van der Waals surface area contributed by atoms with Gasteiger partial charge in [0, 0.05) is 17.2 Å². The van der Waals surface area contributed by atoms with Crippen LogP contribution in [-0.2, 0) is 0 Å². The molecule has 6 heteroatoms. The van der Waals surface area contributed by atoms with E-state index in [2.05, 4.69) is 0 Å². The van der Waals surface area contributed by atoms with Crippen molar-refractivity contribution in [3.63, 3.8) is 0 Å². The molecule has 0 aromatic heterocycles. The van der Waals surface area contributed by atoms with Crippen LogP contribution in [0.3, 0.4) is 0 Å². The van der Waals surface area contributed by atoms with Gasteiger partial charge in [0.1, 0.15) is 5.82 Å². The summed E-state index contributed by atoms with van der Waals surface area (Å²) < 4.78 is 31.6. The monoisotopic (exact) mass is 227 g/mol. The Kier molecular flexibility index (Phi) is 2.34. The lowest BCUT2D eigenvalue weighted by Gasteiger charge is -2.15. The quantitative estimate of drug-likeness (QED) is 0.546. The molecule has 0 spiro atoms. The Balaban J connectivity index is 2.60. The summed E-state index contributed by atoms with van der Waals surface area (Å²) in [5, 5.41) is 10.5. The third-order valence-corrected chi connectivity index (χ3v) is 2.35. The summed E-state index contributed by atoms with van der Waals surface area (Å²) >= 11 is 0. The highest BCUT2D eigenvalue weighted by Crippen LogP contribution is 2.32. The summed E-state index contributed by atoms with van der Waals surface area (Å²) in [5.41, 5.74) is -0.328. The van der Waals surface area contributed by atoms with Gasteiger partial charge in [-0.2, -0.15) is 0 Å². The molecule has 1 heterocycles. The highest BCUT2D eigenvalue weighted by atomic mass is 19.1. The van der Waals surface area contributed by atoms with Gasteiger partial charge in [0.15, 0.2) is 18.2 Å². The fraction of sp³-hybridized carbons (Fsp3) is 0.200. The molecule has 16 heavy (non-hydrogen) atoms. The van der Waals surface area contributed by atoms with Crippen LogP contribution >= 0.6 is 0 Å². The zero-order valence-electron chi connectivity index (χ0n) is 8.29. The molecule has 0 amide bonds. The molecule has 0 unspecified atom stereocenters. The lowest BCUT2D eigenvalue weighted by atomic mass is 10.1. The number of ether oxygens (including phenoxy) is 1. The Morgan fingerprint density at radius 2 is 2.19 bits per heavy atom. The van der Waals surface area contributed by atoms with E-state index in [-0.39, 0.29) is 29.2 Å². The van der Waals surface area contributed by atoms with Crippen LogP contribution in [-0.4, -0.2) is 11.5 Å². The zero-order valence-corrected chi connectivity index (χ0v) is 8.29. The smallest absolute Gasteiger partial charge is 0.284 e. The molecule has 1 aromatic carbocycles. The maximum atomic E-state index is 13.5. The lowest BCUT2D eigenvalue weighted by molar-refractivity contribution is -0.427. The van der Waals surface area contributed by atoms with Crippen molar-refractivity contribution in [2.45, 2.75) is 6.92 Å². The second-order valence-electron chi connectivity index (χ2n) is 3.40. The van der Waals surface area contributed by atoms with Gasteiger partial charge < -0.3 is 4.74 Å². The average Bonchev–Trinajstić information content (AvgIpc) is 2.25. The maximum absolute atomic E-state index is 13.5. The molecule has 1 aromatic rings. The number of benzene rings is 1. The molecule has 0 atom stereocenters. The number of nitro groups is 1. The van der Waals surface area contributed by atoms with Crippen molar-refractivity contribution in [3.05, 3.63) is 44.6 Å². The highest BCUT2D eigenvalue weighted by Gasteiger charge is 2.24. The first kappa shape index (κ1) is 10.5. The normalized spacial score (nSPS) is 13.8. The summed E-state index contributed by atoms with van der Waals surface area (Å²) in [6.07, 6.45) is 1.12. The number of hydrogen-bond donors (Lipinski definition) is 0. The van der Waals surface area contributed by atoms with E-state index in [0.29, 0.717) is 0 Å². The Morgan fingerprint density at radius 3 is 2.81 bits per heavy atom. The van der Waals surface area contributed by atoms with Crippen LogP contribution in [0.2, 0.25) is 0 Å². The Morgan fingerprint density at radius 1 is 1.50 bits per heavy atom. The molecular weight excluding hydrogens is 220 g/mol. The van der Waals surface area contributed by atoms with Crippen molar-refractivity contribution in [1.82, 2.24) is 0 Å². The van der Waals surface area contributed by atoms with Crippen molar-refractivity contribution in [2.75, 3.05) is 6.61 Å². The number of halogens is 2. The molecule has 4 nitrogen and oxygen atoms in total. The number of nitrogens with zero attached hydrogens (tertiary/aromatic N) is 1. The molecule has 1 aliphatic rings. The molecule has 84 valence electrons. The largest absolute Gasteiger partial charge is 0.479 e. The van der Waals surface area contributed by atoms with Gasteiger partial charge in [0.25, 0.3) is 5.70 Å². The average molecular weight is 227 g/mol. The third-order valence-electron chi connectivity index (χ3n) is 2.35. The first-order valence-electron chi connectivity index (χ1n) is 4.47. The predicted molar refractivity (Wildman–Crippen MR) is 51.6 cm³/mol. The van der Waals surface area contributed by atoms with E-state index in [1.807, 2.05) is 0 Å². The molecule has 0 N–H and O–H groups in total. The van der Waals surface area contributed by atoms with Gasteiger partial charge >= 0.3 is 0 Å². The maximum Gasteiger partial charge on any atom is 0.284 e. The number of rotatable bonds is 1. The van der Waals surface area contributed by atoms with Crippen LogP contribution in [0.25, 0.3) is 6.08 Å². The SMILES string of the molecule is Cc1c(F)cc2c(c1F)OCC([N+](=O)[O-])=C2. The molecule has 0 fully saturated rings. The van der Waals surface area contributed by atoms with E-state index in [9.17, 15) is 18.9 Å². The third kappa shape index (κ3) is 1.52. The van der Waals surface area contributed by atoms with E-state index >= 15 is 0 Å². The van der Waals surface area contributed by atoms with E-state index in [1.165, 1.54) is 6.92 Å². The molecule has 1 aliphatic heterocycles. The van der Waals surface area contributed by atoms with Crippen LogP contribution in [0.15, 0.2) is 11.8 Å². The Hall–Kier alpha value is -1.98. The molecular formula is C10H7F2NO3. The van der Waals surface area contributed by atoms with E-state index in [1.54, 1.807) is 0 Å². The van der Waals surface area contributed by atoms with E-state index < -0.39 is 16.6 Å². The summed E-state index contributed by atoms with van der Waals surface area (Å²) in [5.74, 6) is -1.70. The fourth-order valence-corrected chi connectivity index (χ4v) is 1.44. The Labute approximate surface area is 89.3 Å². The molecule has 0 saturated carbocycles. The second kappa shape index (κ2) is 3.55. The number of fused-ring (bicyclic) bond motifs is 1. The van der Waals surface area contributed by atoms with Crippen LogP contribution in [0.4, 0.5) is 8.78 Å². The molecule has 2 rings (SSSR count). The van der Waals surface area contributed by atoms with Gasteiger partial charge in [-0.25, -0.2) is 8.78 Å². The van der Waals surface area contributed by atoms with Crippen LogP contribution in [0.1, 0.15) is 11.1 Å². The van der Waals surface area contributed by atoms with Crippen molar-refractivity contribution >= 4 is 6.08 Å². The standard InChI is InChI=1S/C10H7F2NO3/c1-5-8(11)3-6-2-7(13(14)15)4-16-10(6)9(5)12/h2-3H,4H2,1H3. The first-order valence-corrected chi connectivity index (χ1v) is 4.47.